The fraction of sp³-hybridized carbons (Fsp3) is 0.100. The number of carboxylic acid groups (broad SMARTS) is 1. The summed E-state index contributed by atoms with van der Waals surface area (Å²) in [7, 11) is 0. The zero-order valence-electron chi connectivity index (χ0n) is 8.25. The molecule has 6 nitrogen and oxygen atoms in total. The molecule has 16 heavy (non-hydrogen) atoms. The van der Waals surface area contributed by atoms with Crippen LogP contribution in [0.3, 0.4) is 0 Å². The number of rotatable bonds is 4. The predicted octanol–water partition coefficient (Wildman–Crippen LogP) is 1.38. The number of nitrogens with zero attached hydrogens (tertiary/aromatic N) is 2. The number of aromatic nitrogens is 2. The van der Waals surface area contributed by atoms with Crippen molar-refractivity contribution in [3.63, 3.8) is 0 Å². The molecule has 0 saturated heterocycles. The summed E-state index contributed by atoms with van der Waals surface area (Å²) < 4.78 is 5.01. The van der Waals surface area contributed by atoms with Gasteiger partial charge < -0.3 is 14.8 Å². The summed E-state index contributed by atoms with van der Waals surface area (Å²) >= 11 is 0. The van der Waals surface area contributed by atoms with Gasteiger partial charge in [-0.05, 0) is 12.1 Å². The number of aromatic carboxylic acids is 1. The first-order valence-electron chi connectivity index (χ1n) is 4.57. The van der Waals surface area contributed by atoms with Crippen molar-refractivity contribution in [1.29, 1.82) is 0 Å². The van der Waals surface area contributed by atoms with Crippen LogP contribution in [-0.2, 0) is 6.54 Å². The van der Waals surface area contributed by atoms with Crippen LogP contribution in [0, 0.1) is 0 Å². The lowest BCUT2D eigenvalue weighted by molar-refractivity contribution is 0.0663. The van der Waals surface area contributed by atoms with E-state index in [0.717, 1.165) is 5.69 Å². The number of hydrogen-bond donors (Lipinski definition) is 2. The SMILES string of the molecule is O=C(O)c1ccc(NCc2ccncn2)o1. The Morgan fingerprint density at radius 3 is 2.94 bits per heavy atom. The molecule has 0 aliphatic heterocycles. The van der Waals surface area contributed by atoms with E-state index in [-0.39, 0.29) is 5.76 Å². The first-order chi connectivity index (χ1) is 7.75. The van der Waals surface area contributed by atoms with E-state index >= 15 is 0 Å². The molecule has 0 saturated carbocycles. The van der Waals surface area contributed by atoms with Gasteiger partial charge in [-0.15, -0.1) is 0 Å². The molecular weight excluding hydrogens is 210 g/mol. The Balaban J connectivity index is 1.97. The third kappa shape index (κ3) is 2.35. The molecule has 2 N–H and O–H groups in total. The molecule has 0 fully saturated rings. The van der Waals surface area contributed by atoms with Crippen LogP contribution in [-0.4, -0.2) is 21.0 Å². The first-order valence-corrected chi connectivity index (χ1v) is 4.57. The number of carboxylic acids is 1. The Bertz CT molecular complexity index is 481. The van der Waals surface area contributed by atoms with E-state index in [1.165, 1.54) is 12.4 Å². The van der Waals surface area contributed by atoms with Gasteiger partial charge >= 0.3 is 5.97 Å². The molecular formula is C10H9N3O3. The van der Waals surface area contributed by atoms with Crippen LogP contribution in [0.25, 0.3) is 0 Å². The van der Waals surface area contributed by atoms with Gasteiger partial charge in [0, 0.05) is 12.3 Å². The van der Waals surface area contributed by atoms with E-state index < -0.39 is 5.97 Å². The van der Waals surface area contributed by atoms with E-state index in [1.54, 1.807) is 18.3 Å². The zero-order chi connectivity index (χ0) is 11.4. The Morgan fingerprint density at radius 2 is 2.31 bits per heavy atom. The van der Waals surface area contributed by atoms with Crippen LogP contribution in [0.2, 0.25) is 0 Å². The molecule has 0 atom stereocenters. The zero-order valence-corrected chi connectivity index (χ0v) is 8.25. The van der Waals surface area contributed by atoms with Gasteiger partial charge in [-0.25, -0.2) is 14.8 Å². The number of furan rings is 1. The van der Waals surface area contributed by atoms with Gasteiger partial charge in [0.25, 0.3) is 0 Å². The van der Waals surface area contributed by atoms with Crippen LogP contribution >= 0.6 is 0 Å². The summed E-state index contributed by atoms with van der Waals surface area (Å²) in [4.78, 5) is 18.3. The number of carbonyl (C=O) groups is 1. The van der Waals surface area contributed by atoms with Crippen LogP contribution in [0.1, 0.15) is 16.2 Å². The molecule has 0 amide bonds. The molecule has 6 heteroatoms. The van der Waals surface area contributed by atoms with Crippen molar-refractivity contribution in [3.8, 4) is 0 Å². The highest BCUT2D eigenvalue weighted by Crippen LogP contribution is 2.13. The minimum atomic E-state index is -1.09. The standard InChI is InChI=1S/C10H9N3O3/c14-10(15)8-1-2-9(16-8)12-5-7-3-4-11-6-13-7/h1-4,6,12H,5H2,(H,14,15). The van der Waals surface area contributed by atoms with Crippen molar-refractivity contribution >= 4 is 11.9 Å². The van der Waals surface area contributed by atoms with Gasteiger partial charge in [0.1, 0.15) is 6.33 Å². The summed E-state index contributed by atoms with van der Waals surface area (Å²) in [5.41, 5.74) is 0.795. The molecule has 0 aromatic carbocycles. The second kappa shape index (κ2) is 4.43. The molecule has 2 aromatic rings. The second-order valence-corrected chi connectivity index (χ2v) is 3.02. The van der Waals surface area contributed by atoms with Gasteiger partial charge in [-0.1, -0.05) is 0 Å². The average molecular weight is 219 g/mol. The predicted molar refractivity (Wildman–Crippen MR) is 55.0 cm³/mol. The Kier molecular flexibility index (Phi) is 2.81. The molecule has 82 valence electrons. The van der Waals surface area contributed by atoms with Crippen molar-refractivity contribution in [1.82, 2.24) is 9.97 Å². The topological polar surface area (TPSA) is 88.2 Å². The summed E-state index contributed by atoms with van der Waals surface area (Å²) in [6, 6.07) is 4.71. The first kappa shape index (κ1) is 10.2. The molecule has 0 bridgehead atoms. The van der Waals surface area contributed by atoms with Gasteiger partial charge in [0.2, 0.25) is 5.76 Å². The van der Waals surface area contributed by atoms with Gasteiger partial charge in [0.05, 0.1) is 12.2 Å². The lowest BCUT2D eigenvalue weighted by Crippen LogP contribution is -2.00. The van der Waals surface area contributed by atoms with Crippen molar-refractivity contribution in [3.05, 3.63) is 42.2 Å². The van der Waals surface area contributed by atoms with Gasteiger partial charge in [-0.2, -0.15) is 0 Å². The maximum Gasteiger partial charge on any atom is 0.371 e. The molecule has 2 aromatic heterocycles. The molecule has 0 radical (unpaired) electrons. The van der Waals surface area contributed by atoms with Crippen molar-refractivity contribution in [2.75, 3.05) is 5.32 Å². The van der Waals surface area contributed by atoms with Crippen LogP contribution in [0.4, 0.5) is 5.88 Å². The third-order valence-electron chi connectivity index (χ3n) is 1.90. The molecule has 0 aliphatic rings. The largest absolute Gasteiger partial charge is 0.475 e. The summed E-state index contributed by atoms with van der Waals surface area (Å²) in [6.45, 7) is 0.453. The Labute approximate surface area is 91.0 Å². The summed E-state index contributed by atoms with van der Waals surface area (Å²) in [6.07, 6.45) is 3.08. The van der Waals surface area contributed by atoms with Gasteiger partial charge in [0.15, 0.2) is 5.88 Å². The molecule has 0 unspecified atom stereocenters. The fourth-order valence-corrected chi connectivity index (χ4v) is 1.15. The number of hydrogen-bond acceptors (Lipinski definition) is 5. The summed E-state index contributed by atoms with van der Waals surface area (Å²) in [5.74, 6) is -0.781. The maximum absolute atomic E-state index is 10.5. The van der Waals surface area contributed by atoms with Gasteiger partial charge in [-0.3, -0.25) is 0 Å². The Hall–Kier alpha value is -2.37. The minimum absolute atomic E-state index is 0.0924. The Morgan fingerprint density at radius 1 is 1.44 bits per heavy atom. The molecule has 2 heterocycles. The third-order valence-corrected chi connectivity index (χ3v) is 1.90. The van der Waals surface area contributed by atoms with E-state index in [1.807, 2.05) is 0 Å². The summed E-state index contributed by atoms with van der Waals surface area (Å²) in [5, 5.41) is 11.6. The second-order valence-electron chi connectivity index (χ2n) is 3.02. The molecule has 0 aliphatic carbocycles. The fourth-order valence-electron chi connectivity index (χ4n) is 1.15. The number of nitrogens with one attached hydrogen (secondary N) is 1. The van der Waals surface area contributed by atoms with Crippen molar-refractivity contribution in [2.24, 2.45) is 0 Å². The molecule has 2 rings (SSSR count). The van der Waals surface area contributed by atoms with E-state index in [2.05, 4.69) is 15.3 Å². The average Bonchev–Trinajstić information content (AvgIpc) is 2.76. The van der Waals surface area contributed by atoms with E-state index in [4.69, 9.17) is 9.52 Å². The van der Waals surface area contributed by atoms with E-state index in [0.29, 0.717) is 12.4 Å². The highest BCUT2D eigenvalue weighted by molar-refractivity contribution is 5.84. The quantitative estimate of drug-likeness (QED) is 0.807. The molecule has 0 spiro atoms. The normalized spacial score (nSPS) is 10.0. The monoisotopic (exact) mass is 219 g/mol. The van der Waals surface area contributed by atoms with E-state index in [9.17, 15) is 4.79 Å². The number of anilines is 1. The maximum atomic E-state index is 10.5. The van der Waals surface area contributed by atoms with Crippen LogP contribution < -0.4 is 5.32 Å². The smallest absolute Gasteiger partial charge is 0.371 e. The van der Waals surface area contributed by atoms with Crippen molar-refractivity contribution in [2.45, 2.75) is 6.54 Å². The van der Waals surface area contributed by atoms with Crippen LogP contribution in [0.5, 0.6) is 0 Å². The highest BCUT2D eigenvalue weighted by Gasteiger charge is 2.08. The van der Waals surface area contributed by atoms with Crippen LogP contribution in [0.15, 0.2) is 35.1 Å². The minimum Gasteiger partial charge on any atom is -0.475 e. The van der Waals surface area contributed by atoms with Crippen molar-refractivity contribution < 1.29 is 14.3 Å². The lowest BCUT2D eigenvalue weighted by atomic mass is 10.4. The highest BCUT2D eigenvalue weighted by atomic mass is 16.4. The lowest BCUT2D eigenvalue weighted by Gasteiger charge is -2.00.